The summed E-state index contributed by atoms with van der Waals surface area (Å²) >= 11 is 13.6. The number of hydrogen-bond acceptors (Lipinski definition) is 3. The highest BCUT2D eigenvalue weighted by Gasteiger charge is 2.16. The maximum atomic E-state index is 12.2. The summed E-state index contributed by atoms with van der Waals surface area (Å²) in [4.78, 5) is 14.3. The summed E-state index contributed by atoms with van der Waals surface area (Å²) < 4.78 is 0. The van der Waals surface area contributed by atoms with Gasteiger partial charge in [0.1, 0.15) is 0 Å². The molecule has 1 aromatic carbocycles. The number of benzene rings is 1. The van der Waals surface area contributed by atoms with Gasteiger partial charge in [-0.1, -0.05) is 30.1 Å². The van der Waals surface area contributed by atoms with E-state index in [0.717, 1.165) is 12.2 Å². The molecule has 1 atom stereocenters. The molecule has 0 N–H and O–H groups in total. The first-order valence-electron chi connectivity index (χ1n) is 6.17. The van der Waals surface area contributed by atoms with Crippen LogP contribution >= 0.6 is 35.0 Å². The lowest BCUT2D eigenvalue weighted by molar-refractivity contribution is 0.0925. The maximum absolute atomic E-state index is 12.2. The van der Waals surface area contributed by atoms with E-state index in [1.165, 1.54) is 0 Å². The van der Waals surface area contributed by atoms with Crippen LogP contribution < -0.4 is 0 Å². The molecule has 1 aromatic rings. The van der Waals surface area contributed by atoms with E-state index in [1.807, 2.05) is 7.05 Å². The average Bonchev–Trinajstić information content (AvgIpc) is 2.38. The number of likely N-dealkylation sites (N-methyl/N-ethyl adjacent to an activating group) is 1. The van der Waals surface area contributed by atoms with E-state index >= 15 is 0 Å². The second-order valence-corrected chi connectivity index (χ2v) is 6.21. The minimum absolute atomic E-state index is 0.0700. The summed E-state index contributed by atoms with van der Waals surface area (Å²) in [6, 6.07) is 5.44. The Bertz CT molecular complexity index is 439. The van der Waals surface area contributed by atoms with Crippen molar-refractivity contribution in [1.29, 1.82) is 0 Å². The van der Waals surface area contributed by atoms with Crippen molar-refractivity contribution < 1.29 is 4.79 Å². The standard InChI is InChI=1S/C14H19Cl2NOS/c1-4-11(9-19-3)17(2)8-14(18)10-5-6-12(15)13(16)7-10/h5-7,11H,4,8-9H2,1-3H3. The molecular formula is C14H19Cl2NOS. The summed E-state index contributed by atoms with van der Waals surface area (Å²) in [5, 5.41) is 0.895. The van der Waals surface area contributed by atoms with Gasteiger partial charge in [0.05, 0.1) is 16.6 Å². The van der Waals surface area contributed by atoms with Crippen LogP contribution in [0.15, 0.2) is 18.2 Å². The summed E-state index contributed by atoms with van der Waals surface area (Å²) in [6.07, 6.45) is 3.11. The normalized spacial score (nSPS) is 12.7. The number of carbonyl (C=O) groups excluding carboxylic acids is 1. The molecular weight excluding hydrogens is 301 g/mol. The summed E-state index contributed by atoms with van der Waals surface area (Å²) in [7, 11) is 1.99. The number of nitrogens with zero attached hydrogens (tertiary/aromatic N) is 1. The monoisotopic (exact) mass is 319 g/mol. The third-order valence-electron chi connectivity index (χ3n) is 3.09. The van der Waals surface area contributed by atoms with Crippen molar-refractivity contribution in [3.05, 3.63) is 33.8 Å². The van der Waals surface area contributed by atoms with Crippen LogP contribution in [0, 0.1) is 0 Å². The fourth-order valence-corrected chi connectivity index (χ4v) is 3.04. The summed E-state index contributed by atoms with van der Waals surface area (Å²) in [5.41, 5.74) is 0.611. The van der Waals surface area contributed by atoms with Gasteiger partial charge >= 0.3 is 0 Å². The average molecular weight is 320 g/mol. The van der Waals surface area contributed by atoms with Gasteiger partial charge in [0.2, 0.25) is 0 Å². The van der Waals surface area contributed by atoms with Crippen LogP contribution in [0.4, 0.5) is 0 Å². The molecule has 2 nitrogen and oxygen atoms in total. The first-order chi connectivity index (χ1) is 8.99. The van der Waals surface area contributed by atoms with Crippen LogP contribution in [-0.2, 0) is 0 Å². The molecule has 0 radical (unpaired) electrons. The van der Waals surface area contributed by atoms with Gasteiger partial charge in [0.25, 0.3) is 0 Å². The Morgan fingerprint density at radius 1 is 1.37 bits per heavy atom. The Balaban J connectivity index is 2.70. The van der Waals surface area contributed by atoms with Gasteiger partial charge < -0.3 is 0 Å². The number of hydrogen-bond donors (Lipinski definition) is 0. The molecule has 0 bridgehead atoms. The molecule has 1 unspecified atom stereocenters. The van der Waals surface area contributed by atoms with Gasteiger partial charge in [-0.3, -0.25) is 9.69 Å². The second-order valence-electron chi connectivity index (χ2n) is 4.48. The largest absolute Gasteiger partial charge is 0.295 e. The Kier molecular flexibility index (Phi) is 7.22. The fraction of sp³-hybridized carbons (Fsp3) is 0.500. The van der Waals surface area contributed by atoms with E-state index in [2.05, 4.69) is 18.1 Å². The summed E-state index contributed by atoms with van der Waals surface area (Å²) in [6.45, 7) is 2.54. The van der Waals surface area contributed by atoms with Crippen LogP contribution in [0.5, 0.6) is 0 Å². The van der Waals surface area contributed by atoms with Crippen molar-refractivity contribution in [2.75, 3.05) is 25.6 Å². The first kappa shape index (κ1) is 16.8. The SMILES string of the molecule is CCC(CSC)N(C)CC(=O)c1ccc(Cl)c(Cl)c1. The first-order valence-corrected chi connectivity index (χ1v) is 8.32. The third kappa shape index (κ3) is 4.99. The van der Waals surface area contributed by atoms with Crippen LogP contribution in [0.25, 0.3) is 0 Å². The smallest absolute Gasteiger partial charge is 0.176 e. The highest BCUT2D eigenvalue weighted by atomic mass is 35.5. The molecule has 0 heterocycles. The third-order valence-corrected chi connectivity index (χ3v) is 4.55. The molecule has 0 saturated carbocycles. The highest BCUT2D eigenvalue weighted by molar-refractivity contribution is 7.98. The Morgan fingerprint density at radius 2 is 2.05 bits per heavy atom. The van der Waals surface area contributed by atoms with Gasteiger partial charge in [-0.2, -0.15) is 11.8 Å². The van der Waals surface area contributed by atoms with Crippen LogP contribution in [0.2, 0.25) is 10.0 Å². The van der Waals surface area contributed by atoms with E-state index in [-0.39, 0.29) is 5.78 Å². The van der Waals surface area contributed by atoms with E-state index in [0.29, 0.717) is 28.2 Å². The van der Waals surface area contributed by atoms with Crippen LogP contribution in [-0.4, -0.2) is 42.3 Å². The molecule has 0 fully saturated rings. The number of carbonyl (C=O) groups is 1. The van der Waals surface area contributed by atoms with Crippen LogP contribution in [0.1, 0.15) is 23.7 Å². The number of thioether (sulfide) groups is 1. The quantitative estimate of drug-likeness (QED) is 0.701. The predicted molar refractivity (Wildman–Crippen MR) is 85.9 cm³/mol. The molecule has 0 amide bonds. The van der Waals surface area contributed by atoms with E-state index in [1.54, 1.807) is 30.0 Å². The predicted octanol–water partition coefficient (Wildman–Crippen LogP) is 4.25. The van der Waals surface area contributed by atoms with Crippen molar-refractivity contribution in [2.45, 2.75) is 19.4 Å². The van der Waals surface area contributed by atoms with E-state index in [4.69, 9.17) is 23.2 Å². The molecule has 0 saturated heterocycles. The molecule has 0 spiro atoms. The zero-order chi connectivity index (χ0) is 14.4. The maximum Gasteiger partial charge on any atom is 0.176 e. The van der Waals surface area contributed by atoms with Crippen molar-refractivity contribution in [3.63, 3.8) is 0 Å². The number of ketones is 1. The van der Waals surface area contributed by atoms with Crippen molar-refractivity contribution in [3.8, 4) is 0 Å². The topological polar surface area (TPSA) is 20.3 Å². The Hall–Kier alpha value is -0.220. The Labute approximate surface area is 129 Å². The highest BCUT2D eigenvalue weighted by Crippen LogP contribution is 2.23. The zero-order valence-corrected chi connectivity index (χ0v) is 13.8. The van der Waals surface area contributed by atoms with E-state index < -0.39 is 0 Å². The van der Waals surface area contributed by atoms with E-state index in [9.17, 15) is 4.79 Å². The van der Waals surface area contributed by atoms with Gasteiger partial charge in [-0.25, -0.2) is 0 Å². The van der Waals surface area contributed by atoms with Crippen molar-refractivity contribution >= 4 is 40.7 Å². The van der Waals surface area contributed by atoms with Gasteiger partial charge in [0.15, 0.2) is 5.78 Å². The molecule has 0 aliphatic heterocycles. The number of rotatable bonds is 7. The fourth-order valence-electron chi connectivity index (χ4n) is 1.87. The zero-order valence-electron chi connectivity index (χ0n) is 11.5. The lowest BCUT2D eigenvalue weighted by atomic mass is 10.1. The minimum Gasteiger partial charge on any atom is -0.295 e. The molecule has 106 valence electrons. The van der Waals surface area contributed by atoms with Crippen LogP contribution in [0.3, 0.4) is 0 Å². The number of halogens is 2. The minimum atomic E-state index is 0.0700. The van der Waals surface area contributed by atoms with Crippen molar-refractivity contribution in [1.82, 2.24) is 4.90 Å². The second kappa shape index (κ2) is 8.15. The molecule has 0 aliphatic carbocycles. The Morgan fingerprint density at radius 3 is 2.58 bits per heavy atom. The van der Waals surface area contributed by atoms with Crippen molar-refractivity contribution in [2.24, 2.45) is 0 Å². The molecule has 0 aliphatic rings. The van der Waals surface area contributed by atoms with Gasteiger partial charge in [-0.05, 0) is 37.9 Å². The number of Topliss-reactive ketones (excluding diaryl/α,β-unsaturated/α-hetero) is 1. The van der Waals surface area contributed by atoms with Gasteiger partial charge in [-0.15, -0.1) is 0 Å². The molecule has 19 heavy (non-hydrogen) atoms. The molecule has 5 heteroatoms. The molecule has 0 aromatic heterocycles. The summed E-state index contributed by atoms with van der Waals surface area (Å²) in [5.74, 6) is 1.10. The molecule has 1 rings (SSSR count). The van der Waals surface area contributed by atoms with Gasteiger partial charge in [0, 0.05) is 17.4 Å². The lowest BCUT2D eigenvalue weighted by Crippen LogP contribution is -2.37. The lowest BCUT2D eigenvalue weighted by Gasteiger charge is -2.25.